The summed E-state index contributed by atoms with van der Waals surface area (Å²) in [6.45, 7) is 8.75. The molecule has 0 aromatic heterocycles. The Hall–Kier alpha value is -0.170. The van der Waals surface area contributed by atoms with Gasteiger partial charge in [0.1, 0.15) is 0 Å². The highest BCUT2D eigenvalue weighted by molar-refractivity contribution is 8.58. The summed E-state index contributed by atoms with van der Waals surface area (Å²) in [4.78, 5) is 2.03. The molecule has 1 aliphatic heterocycles. The van der Waals surface area contributed by atoms with Crippen molar-refractivity contribution >= 4 is 9.16 Å². The van der Waals surface area contributed by atoms with E-state index in [4.69, 9.17) is 0 Å². The average molecular weight is 266 g/mol. The summed E-state index contributed by atoms with van der Waals surface area (Å²) in [7, 11) is -1.30. The third kappa shape index (κ3) is 1.73. The smallest absolute Gasteiger partial charge is 0.00231 e. The van der Waals surface area contributed by atoms with E-state index in [1.54, 1.807) is 30.1 Å². The lowest BCUT2D eigenvalue weighted by Gasteiger charge is -2.55. The fourth-order valence-electron chi connectivity index (χ4n) is 4.38. The van der Waals surface area contributed by atoms with Crippen LogP contribution in [0.4, 0.5) is 0 Å². The van der Waals surface area contributed by atoms with Crippen molar-refractivity contribution in [3.8, 4) is 0 Å². The summed E-state index contributed by atoms with van der Waals surface area (Å²) in [6, 6.07) is 0. The highest BCUT2D eigenvalue weighted by Crippen LogP contribution is 2.95. The number of hydrogen-bond acceptors (Lipinski definition) is 0. The number of thiol groups is 1. The first kappa shape index (κ1) is 12.8. The lowest BCUT2D eigenvalue weighted by molar-refractivity contribution is 0.513. The van der Waals surface area contributed by atoms with Crippen LogP contribution < -0.4 is 0 Å². The van der Waals surface area contributed by atoms with Gasteiger partial charge < -0.3 is 0 Å². The van der Waals surface area contributed by atoms with Gasteiger partial charge in [0.05, 0.1) is 0 Å². The van der Waals surface area contributed by atoms with Gasteiger partial charge in [0.25, 0.3) is 0 Å². The molecule has 3 rings (SSSR count). The molecular weight excluding hydrogens is 236 g/mol. The standard InChI is InChI=1S/C17H30S/c1-4-6-15-13-17(15)18(11-12-18,10-9-14(2)3)16-7-5-8-16/h4,14,16,18H,1,5-13H2,2-3H3. The SMILES string of the molecule is C=CCC1=C([SH]2(CCC(C)C)(C3CCC3)CC2)C1. The minimum Gasteiger partial charge on any atom is -0.261 e. The molecular formula is C17H30S. The molecule has 0 aromatic carbocycles. The van der Waals surface area contributed by atoms with Crippen molar-refractivity contribution in [1.29, 1.82) is 0 Å². The van der Waals surface area contributed by atoms with E-state index in [-0.39, 0.29) is 0 Å². The van der Waals surface area contributed by atoms with Crippen molar-refractivity contribution < 1.29 is 0 Å². The molecule has 18 heavy (non-hydrogen) atoms. The van der Waals surface area contributed by atoms with Crippen molar-refractivity contribution in [2.75, 3.05) is 17.3 Å². The second-order valence-corrected chi connectivity index (χ2v) is 13.7. The number of rotatable bonds is 7. The van der Waals surface area contributed by atoms with Crippen LogP contribution >= 0.6 is 9.16 Å². The van der Waals surface area contributed by atoms with E-state index < -0.39 is 9.16 Å². The molecule has 1 saturated carbocycles. The third-order valence-corrected chi connectivity index (χ3v) is 13.9. The summed E-state index contributed by atoms with van der Waals surface area (Å²) in [5.74, 6) is 5.79. The second-order valence-electron chi connectivity index (χ2n) is 7.48. The molecule has 3 aliphatic rings. The van der Waals surface area contributed by atoms with E-state index >= 15 is 0 Å². The predicted molar refractivity (Wildman–Crippen MR) is 87.1 cm³/mol. The molecule has 1 heteroatoms. The molecule has 0 N–H and O–H groups in total. The zero-order chi connectivity index (χ0) is 12.8. The predicted octanol–water partition coefficient (Wildman–Crippen LogP) is 4.91. The summed E-state index contributed by atoms with van der Waals surface area (Å²) < 4.78 is 0. The van der Waals surface area contributed by atoms with Gasteiger partial charge in [0.2, 0.25) is 0 Å². The first-order valence-corrected chi connectivity index (χ1v) is 10.8. The molecule has 0 atom stereocenters. The molecule has 104 valence electrons. The lowest BCUT2D eigenvalue weighted by atomic mass is 10.00. The monoisotopic (exact) mass is 266 g/mol. The van der Waals surface area contributed by atoms with Crippen LogP contribution in [0.1, 0.15) is 52.4 Å². The average Bonchev–Trinajstić information content (AvgIpc) is 3.11. The summed E-state index contributed by atoms with van der Waals surface area (Å²) >= 11 is 0. The number of allylic oxidation sites excluding steroid dienone is 3. The molecule has 0 nitrogen and oxygen atoms in total. The van der Waals surface area contributed by atoms with Crippen LogP contribution in [-0.2, 0) is 0 Å². The van der Waals surface area contributed by atoms with E-state index in [9.17, 15) is 0 Å². The topological polar surface area (TPSA) is 0 Å². The lowest BCUT2D eigenvalue weighted by Crippen LogP contribution is -2.30. The third-order valence-electron chi connectivity index (χ3n) is 6.10. The second kappa shape index (κ2) is 4.16. The van der Waals surface area contributed by atoms with Gasteiger partial charge in [0, 0.05) is 0 Å². The molecule has 0 spiro atoms. The molecule has 0 radical (unpaired) electrons. The Balaban J connectivity index is 1.83. The van der Waals surface area contributed by atoms with Crippen LogP contribution in [0.2, 0.25) is 0 Å². The Morgan fingerprint density at radius 3 is 2.50 bits per heavy atom. The first-order valence-electron chi connectivity index (χ1n) is 7.94. The van der Waals surface area contributed by atoms with E-state index in [1.807, 2.05) is 10.5 Å². The molecule has 0 unspecified atom stereocenters. The van der Waals surface area contributed by atoms with Crippen molar-refractivity contribution in [2.24, 2.45) is 5.92 Å². The number of hydrogen-bond donors (Lipinski definition) is 1. The molecule has 0 amide bonds. The van der Waals surface area contributed by atoms with Crippen molar-refractivity contribution in [1.82, 2.24) is 0 Å². The fourth-order valence-corrected chi connectivity index (χ4v) is 13.0. The fraction of sp³-hybridized carbons (Fsp3) is 0.765. The van der Waals surface area contributed by atoms with Crippen LogP contribution in [0, 0.1) is 5.92 Å². The first-order chi connectivity index (χ1) is 8.61. The maximum atomic E-state index is 3.93. The maximum Gasteiger partial charge on any atom is -0.00231 e. The largest absolute Gasteiger partial charge is 0.261 e. The zero-order valence-electron chi connectivity index (χ0n) is 12.3. The van der Waals surface area contributed by atoms with Gasteiger partial charge in [-0.15, -0.1) is 6.58 Å². The van der Waals surface area contributed by atoms with E-state index in [0.29, 0.717) is 0 Å². The Kier molecular flexibility index (Phi) is 2.97. The maximum absolute atomic E-state index is 3.93. The zero-order valence-corrected chi connectivity index (χ0v) is 13.1. The Labute approximate surface area is 113 Å². The van der Waals surface area contributed by atoms with Crippen molar-refractivity contribution in [3.63, 3.8) is 0 Å². The summed E-state index contributed by atoms with van der Waals surface area (Å²) in [5.41, 5.74) is 1.82. The molecule has 1 saturated heterocycles. The normalized spacial score (nSPS) is 30.5. The Morgan fingerprint density at radius 2 is 2.06 bits per heavy atom. The van der Waals surface area contributed by atoms with E-state index in [2.05, 4.69) is 26.5 Å². The van der Waals surface area contributed by atoms with Gasteiger partial charge in [-0.25, -0.2) is 0 Å². The van der Waals surface area contributed by atoms with Crippen LogP contribution in [0.3, 0.4) is 0 Å². The van der Waals surface area contributed by atoms with E-state index in [0.717, 1.165) is 5.92 Å². The van der Waals surface area contributed by atoms with E-state index in [1.165, 1.54) is 30.9 Å². The van der Waals surface area contributed by atoms with Gasteiger partial charge >= 0.3 is 0 Å². The quantitative estimate of drug-likeness (QED) is 0.378. The molecule has 2 fully saturated rings. The highest BCUT2D eigenvalue weighted by atomic mass is 32.3. The van der Waals surface area contributed by atoms with Gasteiger partial charge in [-0.2, -0.15) is 0 Å². The molecule has 0 aromatic rings. The minimum absolute atomic E-state index is 0.895. The van der Waals surface area contributed by atoms with Crippen LogP contribution in [0.5, 0.6) is 0 Å². The van der Waals surface area contributed by atoms with Gasteiger partial charge in [0.15, 0.2) is 0 Å². The minimum atomic E-state index is -1.30. The van der Waals surface area contributed by atoms with Crippen LogP contribution in [-0.4, -0.2) is 22.5 Å². The van der Waals surface area contributed by atoms with Gasteiger partial charge in [-0.05, 0) is 65.4 Å². The summed E-state index contributed by atoms with van der Waals surface area (Å²) in [6.07, 6.45) is 10.9. The van der Waals surface area contributed by atoms with Gasteiger partial charge in [-0.3, -0.25) is 9.16 Å². The van der Waals surface area contributed by atoms with Crippen LogP contribution in [0.15, 0.2) is 23.1 Å². The van der Waals surface area contributed by atoms with Crippen molar-refractivity contribution in [2.45, 2.75) is 57.6 Å². The Bertz CT molecular complexity index is 394. The highest BCUT2D eigenvalue weighted by Gasteiger charge is 2.64. The molecule has 2 aliphatic carbocycles. The summed E-state index contributed by atoms with van der Waals surface area (Å²) in [5, 5.41) is 1.17. The Morgan fingerprint density at radius 1 is 1.33 bits per heavy atom. The van der Waals surface area contributed by atoms with Gasteiger partial charge in [-0.1, -0.05) is 31.9 Å². The van der Waals surface area contributed by atoms with Crippen molar-refractivity contribution in [3.05, 3.63) is 23.1 Å². The molecule has 0 bridgehead atoms. The molecule has 1 heterocycles. The van der Waals surface area contributed by atoms with Crippen LogP contribution in [0.25, 0.3) is 0 Å².